The lowest BCUT2D eigenvalue weighted by molar-refractivity contribution is -0.245. The molecule has 0 saturated carbocycles. The zero-order chi connectivity index (χ0) is 53.9. The van der Waals surface area contributed by atoms with E-state index in [0.29, 0.717) is 91.2 Å². The molecule has 3 aromatic rings. The van der Waals surface area contributed by atoms with Gasteiger partial charge in [-0.2, -0.15) is 17.7 Å². The predicted octanol–water partition coefficient (Wildman–Crippen LogP) is 1.28. The summed E-state index contributed by atoms with van der Waals surface area (Å²) < 4.78 is 46.2. The Bertz CT molecular complexity index is 2410. The lowest BCUT2D eigenvalue weighted by atomic mass is 9.71. The Morgan fingerprint density at radius 2 is 1.55 bits per heavy atom. The van der Waals surface area contributed by atoms with Gasteiger partial charge in [-0.25, -0.2) is 5.43 Å². The van der Waals surface area contributed by atoms with E-state index in [2.05, 4.69) is 38.8 Å². The maximum atomic E-state index is 14.1. The number of hydrogen-bond donors (Lipinski definition) is 9. The van der Waals surface area contributed by atoms with Gasteiger partial charge in [0.15, 0.2) is 17.8 Å². The molecule has 2 aliphatic carbocycles. The first kappa shape index (κ1) is 59.1. The summed E-state index contributed by atoms with van der Waals surface area (Å²) >= 11 is 4.07. The van der Waals surface area contributed by atoms with E-state index < -0.39 is 95.8 Å². The van der Waals surface area contributed by atoms with Crippen molar-refractivity contribution in [2.75, 3.05) is 92.1 Å². The summed E-state index contributed by atoms with van der Waals surface area (Å²) in [5, 5.41) is 72.0. The number of phenols is 2. The van der Waals surface area contributed by atoms with Crippen molar-refractivity contribution in [3.8, 4) is 17.2 Å². The molecule has 0 spiro atoms. The number of aromatic hydroxyl groups is 2. The molecule has 2 unspecified atom stereocenters. The SMILES string of the molecule is COc1cccc2c1C(=O)c1c(O)c3c(c(O)c1C2=O)C[C@@](O)(/C(CO)=N/NC(=O)CCCCCCCn1cc(C(=O)NCCOCCOCCOCCOCCOCCS)nn1)CC3O[C@H]1CC(N)[C@H](O)[C@H](C)O1. The molecule has 414 valence electrons. The largest absolute Gasteiger partial charge is 0.507 e. The van der Waals surface area contributed by atoms with Crippen molar-refractivity contribution in [2.24, 2.45) is 10.8 Å². The normalized spacial score (nSPS) is 21.4. The number of hydrazone groups is 1. The molecule has 2 amide bonds. The maximum absolute atomic E-state index is 14.1. The number of aliphatic hydroxyl groups excluding tert-OH is 2. The Balaban J connectivity index is 0.927. The summed E-state index contributed by atoms with van der Waals surface area (Å²) in [5.41, 5.74) is 4.87. The molecule has 6 rings (SSSR count). The van der Waals surface area contributed by atoms with E-state index in [9.17, 15) is 44.7 Å². The highest BCUT2D eigenvalue weighted by atomic mass is 32.1. The zero-order valence-corrected chi connectivity index (χ0v) is 43.3. The van der Waals surface area contributed by atoms with Crippen molar-refractivity contribution in [3.05, 3.63) is 63.5 Å². The van der Waals surface area contributed by atoms with Gasteiger partial charge in [-0.15, -0.1) is 5.10 Å². The maximum Gasteiger partial charge on any atom is 0.273 e. The van der Waals surface area contributed by atoms with Gasteiger partial charge in [0.2, 0.25) is 11.7 Å². The minimum Gasteiger partial charge on any atom is -0.507 e. The molecule has 1 saturated heterocycles. The van der Waals surface area contributed by atoms with Gasteiger partial charge in [0, 0.05) is 67.3 Å². The van der Waals surface area contributed by atoms with Crippen LogP contribution < -0.4 is 21.2 Å². The van der Waals surface area contributed by atoms with Crippen LogP contribution in [0.2, 0.25) is 0 Å². The van der Waals surface area contributed by atoms with E-state index in [1.807, 2.05) is 0 Å². The lowest BCUT2D eigenvalue weighted by Crippen LogP contribution is -2.53. The number of carbonyl (C=O) groups excluding carboxylic acids is 4. The summed E-state index contributed by atoms with van der Waals surface area (Å²) in [4.78, 5) is 53.6. The molecule has 1 aromatic heterocycles. The number of phenolic OH excluding ortho intramolecular Hbond substituents is 2. The fourth-order valence-electron chi connectivity index (χ4n) is 9.06. The molecule has 2 aromatic carbocycles. The molecule has 1 aliphatic heterocycles. The standard InChI is InChI=1S/C50H71N7O17S/c1-30-44(60)33(51)25-39(73-30)74-36-27-50(66,26-32-41(36)48(64)43-42(46(32)62)45(61)31-9-8-10-35(67-2)40(31)47(43)63)37(29-58)54-55-38(59)11-6-4-3-5-7-13-57-28-34(53-56-57)49(65)52-12-14-68-15-16-69-17-18-70-19-20-71-21-22-72-23-24-75/h8-10,28,30,33,36,39,44,58,60,62,64,66,75H,3-7,11-27,29,51H2,1-2H3,(H,52,65)(H,55,59)/b54-37+/t30-,33?,36?,39-,44+,50-/m0/s1. The van der Waals surface area contributed by atoms with Crippen LogP contribution in [0.15, 0.2) is 29.5 Å². The number of ketones is 2. The van der Waals surface area contributed by atoms with Crippen LogP contribution in [-0.4, -0.2) is 192 Å². The number of aromatic nitrogens is 3. The van der Waals surface area contributed by atoms with E-state index in [-0.39, 0.29) is 64.7 Å². The molecular formula is C50H71N7O17S. The summed E-state index contributed by atoms with van der Waals surface area (Å²) in [6, 6.07) is 3.60. The number of rotatable bonds is 32. The summed E-state index contributed by atoms with van der Waals surface area (Å²) in [7, 11) is 1.32. The second kappa shape index (κ2) is 29.4. The Labute approximate surface area is 439 Å². The van der Waals surface area contributed by atoms with Crippen LogP contribution in [-0.2, 0) is 50.9 Å². The highest BCUT2D eigenvalue weighted by molar-refractivity contribution is 7.80. The first-order valence-electron chi connectivity index (χ1n) is 25.2. The van der Waals surface area contributed by atoms with Gasteiger partial charge in [0.05, 0.1) is 127 Å². The first-order valence-corrected chi connectivity index (χ1v) is 25.8. The number of fused-ring (bicyclic) bond motifs is 3. The number of amides is 2. The van der Waals surface area contributed by atoms with Gasteiger partial charge >= 0.3 is 0 Å². The van der Waals surface area contributed by atoms with E-state index in [4.69, 9.17) is 43.6 Å². The number of methoxy groups -OCH3 is 1. The Morgan fingerprint density at radius 1 is 0.907 bits per heavy atom. The summed E-state index contributed by atoms with van der Waals surface area (Å²) in [6.45, 7) is 6.08. The number of hydrogen-bond acceptors (Lipinski definition) is 22. The smallest absolute Gasteiger partial charge is 0.273 e. The van der Waals surface area contributed by atoms with E-state index in [1.54, 1.807) is 17.8 Å². The number of nitrogens with one attached hydrogen (secondary N) is 2. The molecule has 0 radical (unpaired) electrons. The number of nitrogens with zero attached hydrogens (tertiary/aromatic N) is 4. The van der Waals surface area contributed by atoms with Crippen molar-refractivity contribution >= 4 is 41.7 Å². The van der Waals surface area contributed by atoms with Gasteiger partial charge in [-0.05, 0) is 25.8 Å². The third-order valence-electron chi connectivity index (χ3n) is 13.0. The quantitative estimate of drug-likeness (QED) is 0.0109. The minimum absolute atomic E-state index is 0.0169. The molecule has 0 bridgehead atoms. The monoisotopic (exact) mass is 1070 g/mol. The average Bonchev–Trinajstić information content (AvgIpc) is 3.90. The average molecular weight is 1070 g/mol. The highest BCUT2D eigenvalue weighted by Crippen LogP contribution is 2.52. The fraction of sp³-hybridized carbons (Fsp3) is 0.620. The first-order chi connectivity index (χ1) is 36.2. The Kier molecular flexibility index (Phi) is 23.1. The summed E-state index contributed by atoms with van der Waals surface area (Å²) in [5.74, 6) is -3.05. The van der Waals surface area contributed by atoms with Crippen molar-refractivity contribution in [1.82, 2.24) is 25.7 Å². The van der Waals surface area contributed by atoms with Gasteiger partial charge in [0.1, 0.15) is 22.8 Å². The number of aryl methyl sites for hydroxylation is 1. The van der Waals surface area contributed by atoms with Gasteiger partial charge in [-0.3, -0.25) is 23.9 Å². The van der Waals surface area contributed by atoms with Crippen LogP contribution in [0.5, 0.6) is 17.2 Å². The molecule has 25 heteroatoms. The van der Waals surface area contributed by atoms with Crippen molar-refractivity contribution < 1.29 is 82.6 Å². The lowest BCUT2D eigenvalue weighted by Gasteiger charge is -2.43. The minimum atomic E-state index is -2.15. The third-order valence-corrected chi connectivity index (χ3v) is 13.1. The van der Waals surface area contributed by atoms with E-state index >= 15 is 0 Å². The van der Waals surface area contributed by atoms with Crippen LogP contribution >= 0.6 is 12.6 Å². The van der Waals surface area contributed by atoms with Gasteiger partial charge in [0.25, 0.3) is 5.91 Å². The van der Waals surface area contributed by atoms with Crippen molar-refractivity contribution in [2.45, 2.75) is 108 Å². The third kappa shape index (κ3) is 15.7. The van der Waals surface area contributed by atoms with Gasteiger partial charge in [-0.1, -0.05) is 36.6 Å². The fourth-order valence-corrected chi connectivity index (χ4v) is 9.19. The molecule has 1 fully saturated rings. The number of carbonyl (C=O) groups is 4. The molecule has 3 aliphatic rings. The van der Waals surface area contributed by atoms with Crippen LogP contribution in [0.3, 0.4) is 0 Å². The Hall–Kier alpha value is -5.16. The van der Waals surface area contributed by atoms with Crippen LogP contribution in [0, 0.1) is 0 Å². The predicted molar refractivity (Wildman–Crippen MR) is 270 cm³/mol. The molecule has 2 heterocycles. The van der Waals surface area contributed by atoms with Gasteiger partial charge < -0.3 is 74.5 Å². The molecule has 75 heavy (non-hydrogen) atoms. The molecular weight excluding hydrogens is 1000 g/mol. The van der Waals surface area contributed by atoms with Crippen LogP contribution in [0.4, 0.5) is 0 Å². The van der Waals surface area contributed by atoms with Crippen LogP contribution in [0.1, 0.15) is 118 Å². The number of nitrogens with two attached hydrogens (primary N) is 1. The van der Waals surface area contributed by atoms with E-state index in [0.717, 1.165) is 19.3 Å². The number of unbranched alkanes of at least 4 members (excludes halogenated alkanes) is 4. The van der Waals surface area contributed by atoms with E-state index in [1.165, 1.54) is 25.3 Å². The Morgan fingerprint density at radius 3 is 2.20 bits per heavy atom. The molecule has 9 N–H and O–H groups in total. The topological polar surface area (TPSA) is 336 Å². The van der Waals surface area contributed by atoms with Crippen molar-refractivity contribution in [1.29, 1.82) is 0 Å². The molecule has 6 atom stereocenters. The number of thiol groups is 1. The molecule has 24 nitrogen and oxygen atoms in total. The van der Waals surface area contributed by atoms with Crippen molar-refractivity contribution in [3.63, 3.8) is 0 Å². The van der Waals surface area contributed by atoms with Crippen LogP contribution in [0.25, 0.3) is 0 Å². The number of ether oxygens (including phenoxy) is 8. The summed E-state index contributed by atoms with van der Waals surface area (Å²) in [6.07, 6.45) is -0.0509. The highest BCUT2D eigenvalue weighted by Gasteiger charge is 2.49. The second-order valence-electron chi connectivity index (χ2n) is 18.3. The number of benzene rings is 2. The zero-order valence-electron chi connectivity index (χ0n) is 42.4. The number of aliphatic hydroxyl groups is 3. The second-order valence-corrected chi connectivity index (χ2v) is 18.7.